The van der Waals surface area contributed by atoms with Crippen molar-refractivity contribution in [3.63, 3.8) is 0 Å². The van der Waals surface area contributed by atoms with E-state index in [-0.39, 0.29) is 5.91 Å². The minimum absolute atomic E-state index is 0.226. The summed E-state index contributed by atoms with van der Waals surface area (Å²) in [5, 5.41) is 4.80. The summed E-state index contributed by atoms with van der Waals surface area (Å²) in [6.45, 7) is 8.74. The third-order valence-corrected chi connectivity index (χ3v) is 4.99. The molecule has 0 radical (unpaired) electrons. The lowest BCUT2D eigenvalue weighted by atomic mass is 10.2. The van der Waals surface area contributed by atoms with Crippen LogP contribution in [0.15, 0.2) is 24.3 Å². The lowest BCUT2D eigenvalue weighted by Crippen LogP contribution is -2.37. The second-order valence-corrected chi connectivity index (χ2v) is 10.8. The Hall–Kier alpha value is -1.13. The van der Waals surface area contributed by atoms with Gasteiger partial charge in [0, 0.05) is 13.0 Å². The second kappa shape index (κ2) is 6.71. The van der Waals surface area contributed by atoms with Crippen LogP contribution in [-0.4, -0.2) is 20.5 Å². The van der Waals surface area contributed by atoms with Gasteiger partial charge in [-0.15, -0.1) is 0 Å². The molecule has 1 rings (SSSR count). The molecule has 3 nitrogen and oxygen atoms in total. The van der Waals surface area contributed by atoms with Gasteiger partial charge in [0.1, 0.15) is 0 Å². The standard InChI is InChI=1S/C14H24N2OSi/c1-18(2,3)13-8-6-12(7-9-13)11-16-10-4-5-14(15)17/h6-9,16H,4-5,10-11H2,1-3H3,(H2,15,17). The van der Waals surface area contributed by atoms with Gasteiger partial charge in [-0.25, -0.2) is 0 Å². The van der Waals surface area contributed by atoms with Crippen LogP contribution in [0, 0.1) is 0 Å². The zero-order valence-electron chi connectivity index (χ0n) is 11.6. The number of rotatable bonds is 7. The SMILES string of the molecule is C[Si](C)(C)c1ccc(CNCCCC(N)=O)cc1. The van der Waals surface area contributed by atoms with E-state index in [1.165, 1.54) is 10.8 Å². The number of hydrogen-bond acceptors (Lipinski definition) is 2. The van der Waals surface area contributed by atoms with Crippen molar-refractivity contribution in [1.29, 1.82) is 0 Å². The maximum atomic E-state index is 10.6. The largest absolute Gasteiger partial charge is 0.370 e. The molecular formula is C14H24N2OSi. The molecular weight excluding hydrogens is 240 g/mol. The van der Waals surface area contributed by atoms with Gasteiger partial charge >= 0.3 is 0 Å². The van der Waals surface area contributed by atoms with Crippen LogP contribution in [0.3, 0.4) is 0 Å². The zero-order chi connectivity index (χ0) is 13.6. The molecule has 0 aliphatic rings. The van der Waals surface area contributed by atoms with Crippen LogP contribution in [0.4, 0.5) is 0 Å². The molecule has 1 aromatic rings. The lowest BCUT2D eigenvalue weighted by molar-refractivity contribution is -0.118. The molecule has 4 heteroatoms. The first-order chi connectivity index (χ1) is 8.39. The van der Waals surface area contributed by atoms with Crippen molar-refractivity contribution in [1.82, 2.24) is 5.32 Å². The van der Waals surface area contributed by atoms with Crippen LogP contribution in [0.5, 0.6) is 0 Å². The number of amides is 1. The van der Waals surface area contributed by atoms with E-state index in [2.05, 4.69) is 49.2 Å². The van der Waals surface area contributed by atoms with E-state index in [9.17, 15) is 4.79 Å². The van der Waals surface area contributed by atoms with Crippen molar-refractivity contribution in [2.75, 3.05) is 6.54 Å². The van der Waals surface area contributed by atoms with Gasteiger partial charge in [0.15, 0.2) is 0 Å². The molecule has 1 aromatic carbocycles. The van der Waals surface area contributed by atoms with Gasteiger partial charge < -0.3 is 11.1 Å². The predicted octanol–water partition coefficient (Wildman–Crippen LogP) is 1.59. The third-order valence-electron chi connectivity index (χ3n) is 2.93. The van der Waals surface area contributed by atoms with Crippen molar-refractivity contribution in [3.05, 3.63) is 29.8 Å². The molecule has 18 heavy (non-hydrogen) atoms. The molecule has 0 heterocycles. The van der Waals surface area contributed by atoms with E-state index in [0.717, 1.165) is 19.5 Å². The zero-order valence-corrected chi connectivity index (χ0v) is 12.6. The summed E-state index contributed by atoms with van der Waals surface area (Å²) >= 11 is 0. The Labute approximate surface area is 111 Å². The van der Waals surface area contributed by atoms with Crippen molar-refractivity contribution in [3.8, 4) is 0 Å². The van der Waals surface area contributed by atoms with Gasteiger partial charge in [-0.3, -0.25) is 4.79 Å². The van der Waals surface area contributed by atoms with Crippen LogP contribution < -0.4 is 16.2 Å². The smallest absolute Gasteiger partial charge is 0.217 e. The number of carbonyl (C=O) groups excluding carboxylic acids is 1. The first-order valence-corrected chi connectivity index (χ1v) is 9.98. The summed E-state index contributed by atoms with van der Waals surface area (Å²) in [5.41, 5.74) is 6.37. The van der Waals surface area contributed by atoms with E-state index in [1.807, 2.05) is 0 Å². The van der Waals surface area contributed by atoms with Crippen molar-refractivity contribution < 1.29 is 4.79 Å². The Bertz CT molecular complexity index is 382. The molecule has 0 aromatic heterocycles. The van der Waals surface area contributed by atoms with E-state index >= 15 is 0 Å². The van der Waals surface area contributed by atoms with Gasteiger partial charge in [0.25, 0.3) is 0 Å². The Morgan fingerprint density at radius 1 is 1.22 bits per heavy atom. The summed E-state index contributed by atoms with van der Waals surface area (Å²) in [5.74, 6) is -0.226. The molecule has 1 amide bonds. The topological polar surface area (TPSA) is 55.1 Å². The average molecular weight is 264 g/mol. The van der Waals surface area contributed by atoms with Crippen LogP contribution in [0.1, 0.15) is 18.4 Å². The summed E-state index contributed by atoms with van der Waals surface area (Å²) < 4.78 is 0. The Balaban J connectivity index is 2.33. The maximum Gasteiger partial charge on any atom is 0.217 e. The summed E-state index contributed by atoms with van der Waals surface area (Å²) in [6.07, 6.45) is 1.27. The molecule has 3 N–H and O–H groups in total. The maximum absolute atomic E-state index is 10.6. The minimum atomic E-state index is -1.18. The van der Waals surface area contributed by atoms with Crippen LogP contribution in [0.2, 0.25) is 19.6 Å². The fourth-order valence-electron chi connectivity index (χ4n) is 1.74. The van der Waals surface area contributed by atoms with Crippen molar-refractivity contribution >= 4 is 19.2 Å². The third kappa shape index (κ3) is 5.47. The predicted molar refractivity (Wildman–Crippen MR) is 79.6 cm³/mol. The van der Waals surface area contributed by atoms with Gasteiger partial charge in [0.2, 0.25) is 5.91 Å². The first-order valence-electron chi connectivity index (χ1n) is 6.48. The van der Waals surface area contributed by atoms with E-state index in [0.29, 0.717) is 6.42 Å². The van der Waals surface area contributed by atoms with Gasteiger partial charge in [-0.1, -0.05) is 49.1 Å². The first kappa shape index (κ1) is 14.9. The van der Waals surface area contributed by atoms with E-state index in [4.69, 9.17) is 5.73 Å². The van der Waals surface area contributed by atoms with Gasteiger partial charge in [-0.05, 0) is 18.5 Å². The van der Waals surface area contributed by atoms with E-state index in [1.54, 1.807) is 0 Å². The normalized spacial score (nSPS) is 11.5. The summed E-state index contributed by atoms with van der Waals surface area (Å²) in [6, 6.07) is 8.86. The highest BCUT2D eigenvalue weighted by Crippen LogP contribution is 2.04. The Morgan fingerprint density at radius 3 is 2.33 bits per heavy atom. The molecule has 0 atom stereocenters. The molecule has 0 unspecified atom stereocenters. The molecule has 0 bridgehead atoms. The lowest BCUT2D eigenvalue weighted by Gasteiger charge is -2.16. The molecule has 0 saturated carbocycles. The highest BCUT2D eigenvalue weighted by molar-refractivity contribution is 6.88. The quantitative estimate of drug-likeness (QED) is 0.580. The average Bonchev–Trinajstić information content (AvgIpc) is 2.27. The fraction of sp³-hybridized carbons (Fsp3) is 0.500. The van der Waals surface area contributed by atoms with Crippen molar-refractivity contribution in [2.45, 2.75) is 39.0 Å². The summed E-state index contributed by atoms with van der Waals surface area (Å²) in [7, 11) is -1.18. The highest BCUT2D eigenvalue weighted by atomic mass is 28.3. The molecule has 0 spiro atoms. The molecule has 0 fully saturated rings. The van der Waals surface area contributed by atoms with Gasteiger partial charge in [-0.2, -0.15) is 0 Å². The number of nitrogens with two attached hydrogens (primary N) is 1. The number of primary amides is 1. The van der Waals surface area contributed by atoms with Crippen molar-refractivity contribution in [2.24, 2.45) is 5.73 Å². The van der Waals surface area contributed by atoms with Crippen LogP contribution in [-0.2, 0) is 11.3 Å². The highest BCUT2D eigenvalue weighted by Gasteiger charge is 2.15. The van der Waals surface area contributed by atoms with Crippen LogP contribution >= 0.6 is 0 Å². The number of benzene rings is 1. The molecule has 100 valence electrons. The van der Waals surface area contributed by atoms with E-state index < -0.39 is 8.07 Å². The number of carbonyl (C=O) groups is 1. The fourth-order valence-corrected chi connectivity index (χ4v) is 2.91. The molecule has 0 aliphatic carbocycles. The minimum Gasteiger partial charge on any atom is -0.370 e. The second-order valence-electron chi connectivity index (χ2n) is 5.69. The number of hydrogen-bond donors (Lipinski definition) is 2. The monoisotopic (exact) mass is 264 g/mol. The van der Waals surface area contributed by atoms with Crippen LogP contribution in [0.25, 0.3) is 0 Å². The Kier molecular flexibility index (Phi) is 5.56. The Morgan fingerprint density at radius 2 is 1.83 bits per heavy atom. The van der Waals surface area contributed by atoms with Gasteiger partial charge in [0.05, 0.1) is 8.07 Å². The molecule has 0 saturated heterocycles. The number of nitrogens with one attached hydrogen (secondary N) is 1. The molecule has 0 aliphatic heterocycles. The summed E-state index contributed by atoms with van der Waals surface area (Å²) in [4.78, 5) is 10.6.